The third-order valence-corrected chi connectivity index (χ3v) is 2.87. The average molecular weight is 102 g/mol. The van der Waals surface area contributed by atoms with Crippen LogP contribution in [-0.4, -0.2) is 16.0 Å². The maximum Gasteiger partial charge on any atom is 0.129 e. The normalized spacial score (nSPS) is 10.0. The van der Waals surface area contributed by atoms with Gasteiger partial charge < -0.3 is 4.98 Å². The van der Waals surface area contributed by atoms with Gasteiger partial charge >= 0.3 is 0 Å². The van der Waals surface area contributed by atoms with E-state index in [-0.39, 0.29) is 8.96 Å². The molecule has 0 rings (SSSR count). The van der Waals surface area contributed by atoms with E-state index >= 15 is 0 Å². The highest BCUT2D eigenvalue weighted by molar-refractivity contribution is 6.54. The van der Waals surface area contributed by atoms with Crippen LogP contribution in [0.25, 0.3) is 0 Å². The van der Waals surface area contributed by atoms with Crippen molar-refractivity contribution in [3.05, 3.63) is 0 Å². The second-order valence-electron chi connectivity index (χ2n) is 1.38. The molecule has 0 aliphatic heterocycles. The molecule has 0 saturated heterocycles. The second kappa shape index (κ2) is 3.37. The molecule has 0 spiro atoms. The first kappa shape index (κ1) is 6.18. The molecular formula is C4H12NSi. The fourth-order valence-electron chi connectivity index (χ4n) is 0.177. The third kappa shape index (κ3) is 2.42. The Labute approximate surface area is 41.4 Å². The van der Waals surface area contributed by atoms with Crippen LogP contribution in [0.3, 0.4) is 0 Å². The average Bonchev–Trinajstić information content (AvgIpc) is 1.65. The molecule has 0 unspecified atom stereocenters. The number of nitrogens with one attached hydrogen (secondary N) is 1. The molecule has 1 radical (unpaired) electrons. The zero-order valence-corrected chi connectivity index (χ0v) is 5.71. The Kier molecular flexibility index (Phi) is 3.47. The summed E-state index contributed by atoms with van der Waals surface area (Å²) in [6.07, 6.45) is 0. The van der Waals surface area contributed by atoms with Crippen LogP contribution in [0.1, 0.15) is 6.92 Å². The molecule has 0 aromatic rings. The number of rotatable bonds is 2. The number of hydrogen-bond acceptors (Lipinski definition) is 1. The first-order valence-electron chi connectivity index (χ1n) is 2.31. The highest BCUT2D eigenvalue weighted by Crippen LogP contribution is 1.79. The molecule has 0 heterocycles. The summed E-state index contributed by atoms with van der Waals surface area (Å²) in [5.41, 5.74) is 0. The van der Waals surface area contributed by atoms with E-state index in [0.717, 1.165) is 0 Å². The van der Waals surface area contributed by atoms with Crippen LogP contribution < -0.4 is 4.98 Å². The first-order chi connectivity index (χ1) is 2.81. The Morgan fingerprint density at radius 3 is 2.17 bits per heavy atom. The first-order valence-corrected chi connectivity index (χ1v) is 4.52. The molecular weight excluding hydrogens is 90.1 g/mol. The summed E-state index contributed by atoms with van der Waals surface area (Å²) in [5, 5.41) is 0. The summed E-state index contributed by atoms with van der Waals surface area (Å²) in [4.78, 5) is 3.22. The van der Waals surface area contributed by atoms with E-state index in [1.807, 2.05) is 7.05 Å². The number of hydrogen-bond donors (Lipinski definition) is 1. The Morgan fingerprint density at radius 2 is 2.17 bits per heavy atom. The third-order valence-electron chi connectivity index (χ3n) is 0.957. The summed E-state index contributed by atoms with van der Waals surface area (Å²) >= 11 is 0. The summed E-state index contributed by atoms with van der Waals surface area (Å²) in [7, 11) is 1.91. The predicted octanol–water partition coefficient (Wildman–Crippen LogP) is 0.847. The molecule has 0 bridgehead atoms. The van der Waals surface area contributed by atoms with Gasteiger partial charge in [0.1, 0.15) is 8.96 Å². The van der Waals surface area contributed by atoms with Crippen molar-refractivity contribution in [3.8, 4) is 0 Å². The van der Waals surface area contributed by atoms with Crippen LogP contribution in [0, 0.1) is 0 Å². The fourth-order valence-corrected chi connectivity index (χ4v) is 0.530. The van der Waals surface area contributed by atoms with Crippen molar-refractivity contribution in [1.82, 2.24) is 4.98 Å². The van der Waals surface area contributed by atoms with Gasteiger partial charge in [-0.2, -0.15) is 0 Å². The molecule has 2 heteroatoms. The van der Waals surface area contributed by atoms with Crippen molar-refractivity contribution in [3.63, 3.8) is 0 Å². The maximum absolute atomic E-state index is 3.22. The van der Waals surface area contributed by atoms with Crippen molar-refractivity contribution in [2.75, 3.05) is 7.05 Å². The molecule has 0 aromatic heterocycles. The van der Waals surface area contributed by atoms with Crippen molar-refractivity contribution < 1.29 is 0 Å². The Bertz CT molecular complexity index is 26.7. The molecule has 0 aliphatic rings. The van der Waals surface area contributed by atoms with Gasteiger partial charge in [-0.05, 0) is 13.1 Å². The van der Waals surface area contributed by atoms with Crippen molar-refractivity contribution in [2.45, 2.75) is 19.5 Å². The topological polar surface area (TPSA) is 12.0 Å². The van der Waals surface area contributed by atoms with Crippen molar-refractivity contribution in [2.24, 2.45) is 0 Å². The molecule has 0 fully saturated rings. The van der Waals surface area contributed by atoms with Gasteiger partial charge in [0.25, 0.3) is 0 Å². The van der Waals surface area contributed by atoms with Gasteiger partial charge in [0.15, 0.2) is 0 Å². The van der Waals surface area contributed by atoms with E-state index in [1.54, 1.807) is 0 Å². The monoisotopic (exact) mass is 102 g/mol. The SMILES string of the molecule is CC[Si](C)NC. The van der Waals surface area contributed by atoms with Gasteiger partial charge in [-0.1, -0.05) is 13.5 Å². The van der Waals surface area contributed by atoms with E-state index in [4.69, 9.17) is 0 Å². The van der Waals surface area contributed by atoms with E-state index < -0.39 is 0 Å². The highest BCUT2D eigenvalue weighted by Gasteiger charge is 1.91. The van der Waals surface area contributed by atoms with Crippen LogP contribution in [0.15, 0.2) is 0 Å². The van der Waals surface area contributed by atoms with E-state index in [2.05, 4.69) is 18.5 Å². The molecule has 0 atom stereocenters. The quantitative estimate of drug-likeness (QED) is 0.510. The molecule has 0 aromatic carbocycles. The summed E-state index contributed by atoms with van der Waals surface area (Å²) in [6, 6.07) is 1.32. The molecule has 37 valence electrons. The van der Waals surface area contributed by atoms with Crippen LogP contribution in [0.2, 0.25) is 12.6 Å². The molecule has 6 heavy (non-hydrogen) atoms. The zero-order valence-electron chi connectivity index (χ0n) is 4.71. The van der Waals surface area contributed by atoms with Gasteiger partial charge in [-0.3, -0.25) is 0 Å². The molecule has 1 nitrogen and oxygen atoms in total. The van der Waals surface area contributed by atoms with Crippen LogP contribution in [0.5, 0.6) is 0 Å². The molecule has 0 aliphatic carbocycles. The van der Waals surface area contributed by atoms with Gasteiger partial charge in [-0.25, -0.2) is 0 Å². The van der Waals surface area contributed by atoms with Gasteiger partial charge in [0, 0.05) is 0 Å². The lowest BCUT2D eigenvalue weighted by Crippen LogP contribution is -2.24. The van der Waals surface area contributed by atoms with Gasteiger partial charge in [-0.15, -0.1) is 0 Å². The smallest absolute Gasteiger partial charge is 0.129 e. The lowest BCUT2D eigenvalue weighted by molar-refractivity contribution is 1.17. The largest absolute Gasteiger partial charge is 0.341 e. The second-order valence-corrected chi connectivity index (χ2v) is 4.15. The van der Waals surface area contributed by atoms with Crippen molar-refractivity contribution in [1.29, 1.82) is 0 Å². The zero-order chi connectivity index (χ0) is 4.99. The minimum absolute atomic E-state index is 0.118. The molecule has 1 N–H and O–H groups in total. The summed E-state index contributed by atoms with van der Waals surface area (Å²) in [5.74, 6) is 0. The lowest BCUT2D eigenvalue weighted by Gasteiger charge is -1.98. The fraction of sp³-hybridized carbons (Fsp3) is 1.00. The highest BCUT2D eigenvalue weighted by atomic mass is 28.3. The van der Waals surface area contributed by atoms with E-state index in [1.165, 1.54) is 6.04 Å². The lowest BCUT2D eigenvalue weighted by atomic mass is 11.0. The van der Waals surface area contributed by atoms with E-state index in [0.29, 0.717) is 0 Å². The maximum atomic E-state index is 3.22. The summed E-state index contributed by atoms with van der Waals surface area (Å²) < 4.78 is 0. The minimum Gasteiger partial charge on any atom is -0.341 e. The van der Waals surface area contributed by atoms with Crippen LogP contribution in [-0.2, 0) is 0 Å². The van der Waals surface area contributed by atoms with Crippen LogP contribution in [0.4, 0.5) is 0 Å². The van der Waals surface area contributed by atoms with Crippen molar-refractivity contribution >= 4 is 8.96 Å². The predicted molar refractivity (Wildman–Crippen MR) is 31.2 cm³/mol. The Balaban J connectivity index is 2.75. The molecule has 0 amide bonds. The van der Waals surface area contributed by atoms with Gasteiger partial charge in [0.2, 0.25) is 0 Å². The Morgan fingerprint density at radius 1 is 1.67 bits per heavy atom. The van der Waals surface area contributed by atoms with Crippen LogP contribution >= 0.6 is 0 Å². The minimum atomic E-state index is -0.118. The molecule has 0 saturated carbocycles. The van der Waals surface area contributed by atoms with E-state index in [9.17, 15) is 0 Å². The summed E-state index contributed by atoms with van der Waals surface area (Å²) in [6.45, 7) is 4.48. The Hall–Kier alpha value is 0.177. The van der Waals surface area contributed by atoms with Gasteiger partial charge in [0.05, 0.1) is 0 Å². The standard InChI is InChI=1S/C4H12NSi/c1-4-6(3)5-2/h5H,4H2,1-3H3.